The summed E-state index contributed by atoms with van der Waals surface area (Å²) in [6.45, 7) is 8.35. The molecule has 0 heterocycles. The Morgan fingerprint density at radius 3 is 2.45 bits per heavy atom. The smallest absolute Gasteiger partial charge is 0.0837 e. The average Bonchev–Trinajstić information content (AvgIpc) is 2.03. The van der Waals surface area contributed by atoms with Crippen LogP contribution in [0.3, 0.4) is 0 Å². The number of rotatable bonds is 8. The van der Waals surface area contributed by atoms with Gasteiger partial charge in [0.2, 0.25) is 0 Å². The topological polar surface area (TPSA) is 18.5 Å². The molecule has 0 spiro atoms. The van der Waals surface area contributed by atoms with E-state index in [1.54, 1.807) is 0 Å². The predicted molar refractivity (Wildman–Crippen MR) is 46.3 cm³/mol. The Labute approximate surface area is 69.9 Å². The minimum absolute atomic E-state index is 0.694. The Morgan fingerprint density at radius 2 is 1.82 bits per heavy atom. The molecular weight excluding hydrogens is 140 g/mol. The fraction of sp³-hybridized carbons (Fsp3) is 0.889. The summed E-state index contributed by atoms with van der Waals surface area (Å²) in [5.74, 6) is 0. The lowest BCUT2D eigenvalue weighted by Crippen LogP contribution is -2.03. The second-order valence-electron chi connectivity index (χ2n) is 2.44. The lowest BCUT2D eigenvalue weighted by molar-refractivity contribution is 0.0701. The van der Waals surface area contributed by atoms with E-state index in [0.29, 0.717) is 13.2 Å². The third-order valence-corrected chi connectivity index (χ3v) is 1.22. The zero-order valence-corrected chi connectivity index (χ0v) is 7.64. The maximum absolute atomic E-state index is 5.22. The van der Waals surface area contributed by atoms with Crippen LogP contribution in [-0.4, -0.2) is 19.8 Å². The van der Waals surface area contributed by atoms with E-state index in [4.69, 9.17) is 9.47 Å². The molecule has 0 atom stereocenters. The molecule has 0 amide bonds. The molecule has 67 valence electrons. The molecule has 0 aromatic carbocycles. The first-order valence-electron chi connectivity index (χ1n) is 4.42. The molecule has 1 radical (unpaired) electrons. The molecule has 2 heteroatoms. The van der Waals surface area contributed by atoms with Gasteiger partial charge in [0.25, 0.3) is 0 Å². The van der Waals surface area contributed by atoms with Crippen molar-refractivity contribution in [3.63, 3.8) is 0 Å². The largest absolute Gasteiger partial charge is 0.379 e. The van der Waals surface area contributed by atoms with Gasteiger partial charge in [-0.05, 0) is 12.8 Å². The van der Waals surface area contributed by atoms with E-state index in [2.05, 4.69) is 13.8 Å². The highest BCUT2D eigenvalue weighted by molar-refractivity contribution is 4.47. The van der Waals surface area contributed by atoms with Gasteiger partial charge >= 0.3 is 0 Å². The molecule has 2 nitrogen and oxygen atoms in total. The zero-order chi connectivity index (χ0) is 8.36. The van der Waals surface area contributed by atoms with Crippen molar-refractivity contribution in [2.75, 3.05) is 19.8 Å². The van der Waals surface area contributed by atoms with Crippen LogP contribution in [0.2, 0.25) is 0 Å². The molecule has 0 aliphatic heterocycles. The van der Waals surface area contributed by atoms with Crippen molar-refractivity contribution in [3.05, 3.63) is 6.61 Å². The van der Waals surface area contributed by atoms with E-state index in [1.165, 1.54) is 0 Å². The van der Waals surface area contributed by atoms with Gasteiger partial charge in [-0.25, -0.2) is 0 Å². The van der Waals surface area contributed by atoms with E-state index in [9.17, 15) is 0 Å². The van der Waals surface area contributed by atoms with Gasteiger partial charge in [-0.3, -0.25) is 0 Å². The normalized spacial score (nSPS) is 10.4. The third kappa shape index (κ3) is 9.92. The van der Waals surface area contributed by atoms with Crippen molar-refractivity contribution in [1.82, 2.24) is 0 Å². The van der Waals surface area contributed by atoms with E-state index in [1.807, 2.05) is 6.61 Å². The maximum Gasteiger partial charge on any atom is 0.0837 e. The Hall–Kier alpha value is -0.0800. The number of ether oxygens (including phenoxy) is 2. The molecule has 0 N–H and O–H groups in total. The lowest BCUT2D eigenvalue weighted by Gasteiger charge is -2.02. The third-order valence-electron chi connectivity index (χ3n) is 1.22. The minimum atomic E-state index is 0.694. The number of hydrogen-bond donors (Lipinski definition) is 0. The minimum Gasteiger partial charge on any atom is -0.379 e. The SMILES string of the molecule is CCC[CH]OCCOCCC. The quantitative estimate of drug-likeness (QED) is 0.506. The van der Waals surface area contributed by atoms with Crippen LogP contribution in [0.1, 0.15) is 33.1 Å². The predicted octanol–water partition coefficient (Wildman–Crippen LogP) is 2.39. The van der Waals surface area contributed by atoms with Gasteiger partial charge in [0.1, 0.15) is 0 Å². The van der Waals surface area contributed by atoms with Crippen LogP contribution >= 0.6 is 0 Å². The van der Waals surface area contributed by atoms with Crippen LogP contribution in [-0.2, 0) is 9.47 Å². The van der Waals surface area contributed by atoms with Crippen molar-refractivity contribution in [2.45, 2.75) is 33.1 Å². The Morgan fingerprint density at radius 1 is 1.00 bits per heavy atom. The second-order valence-corrected chi connectivity index (χ2v) is 2.44. The second kappa shape index (κ2) is 9.92. The van der Waals surface area contributed by atoms with Gasteiger partial charge in [-0.15, -0.1) is 0 Å². The molecule has 0 rings (SSSR count). The standard InChI is InChI=1S/C9H19O2/c1-3-5-7-11-9-8-10-6-4-2/h7H,3-6,8-9H2,1-2H3. The first-order valence-corrected chi connectivity index (χ1v) is 4.42. The summed E-state index contributed by atoms with van der Waals surface area (Å²) in [5, 5.41) is 0. The fourth-order valence-corrected chi connectivity index (χ4v) is 0.638. The van der Waals surface area contributed by atoms with Crippen LogP contribution in [0.15, 0.2) is 0 Å². The molecule has 11 heavy (non-hydrogen) atoms. The summed E-state index contributed by atoms with van der Waals surface area (Å²) in [4.78, 5) is 0. The molecule has 0 aliphatic rings. The molecule has 0 saturated heterocycles. The summed E-state index contributed by atoms with van der Waals surface area (Å²) < 4.78 is 10.4. The van der Waals surface area contributed by atoms with Crippen molar-refractivity contribution < 1.29 is 9.47 Å². The highest BCUT2D eigenvalue weighted by Crippen LogP contribution is 1.93. The van der Waals surface area contributed by atoms with Gasteiger partial charge in [0.15, 0.2) is 0 Å². The summed E-state index contributed by atoms with van der Waals surface area (Å²) in [6, 6.07) is 0. The van der Waals surface area contributed by atoms with Crippen LogP contribution in [0.4, 0.5) is 0 Å². The molecule has 0 fully saturated rings. The lowest BCUT2D eigenvalue weighted by atomic mass is 10.4. The Balaban J connectivity index is 2.69. The van der Waals surface area contributed by atoms with E-state index >= 15 is 0 Å². The number of unbranched alkanes of at least 4 members (excludes halogenated alkanes) is 1. The molecule has 0 bridgehead atoms. The van der Waals surface area contributed by atoms with Crippen molar-refractivity contribution in [2.24, 2.45) is 0 Å². The van der Waals surface area contributed by atoms with Gasteiger partial charge in [0.05, 0.1) is 19.8 Å². The molecule has 0 unspecified atom stereocenters. The highest BCUT2D eigenvalue weighted by Gasteiger charge is 1.88. The van der Waals surface area contributed by atoms with Gasteiger partial charge in [0, 0.05) is 6.61 Å². The highest BCUT2D eigenvalue weighted by atomic mass is 16.5. The van der Waals surface area contributed by atoms with Crippen LogP contribution in [0.25, 0.3) is 0 Å². The zero-order valence-electron chi connectivity index (χ0n) is 7.64. The monoisotopic (exact) mass is 159 g/mol. The molecule has 0 aromatic rings. The summed E-state index contributed by atoms with van der Waals surface area (Å²) in [6.07, 6.45) is 3.27. The van der Waals surface area contributed by atoms with Crippen LogP contribution < -0.4 is 0 Å². The van der Waals surface area contributed by atoms with Crippen molar-refractivity contribution in [1.29, 1.82) is 0 Å². The molecular formula is C9H19O2. The first kappa shape index (κ1) is 10.9. The van der Waals surface area contributed by atoms with Crippen molar-refractivity contribution >= 4 is 0 Å². The summed E-state index contributed by atoms with van der Waals surface area (Å²) >= 11 is 0. The summed E-state index contributed by atoms with van der Waals surface area (Å²) in [7, 11) is 0. The van der Waals surface area contributed by atoms with Crippen molar-refractivity contribution in [3.8, 4) is 0 Å². The van der Waals surface area contributed by atoms with E-state index in [-0.39, 0.29) is 0 Å². The van der Waals surface area contributed by atoms with Gasteiger partial charge in [-0.2, -0.15) is 0 Å². The average molecular weight is 159 g/mol. The van der Waals surface area contributed by atoms with Crippen LogP contribution in [0.5, 0.6) is 0 Å². The fourth-order valence-electron chi connectivity index (χ4n) is 0.638. The Kier molecular flexibility index (Phi) is 9.85. The molecule has 0 aliphatic carbocycles. The molecule has 0 aromatic heterocycles. The molecule has 0 saturated carbocycles. The summed E-state index contributed by atoms with van der Waals surface area (Å²) in [5.41, 5.74) is 0. The number of hydrogen-bond acceptors (Lipinski definition) is 2. The Bertz CT molecular complexity index is 56.6. The maximum atomic E-state index is 5.22. The van der Waals surface area contributed by atoms with Crippen LogP contribution in [0, 0.1) is 6.61 Å². The van der Waals surface area contributed by atoms with Gasteiger partial charge < -0.3 is 9.47 Å². The van der Waals surface area contributed by atoms with E-state index in [0.717, 1.165) is 25.9 Å². The van der Waals surface area contributed by atoms with Gasteiger partial charge in [-0.1, -0.05) is 20.3 Å². The first-order chi connectivity index (χ1) is 5.41. The van der Waals surface area contributed by atoms with E-state index < -0.39 is 0 Å².